The van der Waals surface area contributed by atoms with Crippen molar-refractivity contribution in [3.05, 3.63) is 22.4 Å². The molecule has 20 heavy (non-hydrogen) atoms. The Bertz CT molecular complexity index is 553. The summed E-state index contributed by atoms with van der Waals surface area (Å²) < 4.78 is 2.48. The molecule has 3 heterocycles. The van der Waals surface area contributed by atoms with E-state index in [1.807, 2.05) is 11.9 Å². The first-order valence-electron chi connectivity index (χ1n) is 7.19. The van der Waals surface area contributed by atoms with Crippen LogP contribution in [0.1, 0.15) is 28.9 Å². The van der Waals surface area contributed by atoms with E-state index in [0.29, 0.717) is 0 Å². The molecule has 3 nitrogen and oxygen atoms in total. The summed E-state index contributed by atoms with van der Waals surface area (Å²) in [6.07, 6.45) is 3.52. The van der Waals surface area contributed by atoms with Gasteiger partial charge in [0.1, 0.15) is 0 Å². The molecular formula is C15H20N2OS2. The molecular weight excluding hydrogens is 288 g/mol. The fourth-order valence-electron chi connectivity index (χ4n) is 2.80. The van der Waals surface area contributed by atoms with Crippen molar-refractivity contribution in [2.24, 2.45) is 5.92 Å². The highest BCUT2D eigenvalue weighted by Crippen LogP contribution is 2.31. The van der Waals surface area contributed by atoms with Crippen molar-refractivity contribution in [3.8, 4) is 0 Å². The molecule has 0 saturated carbocycles. The maximum Gasteiger partial charge on any atom is 0.263 e. The summed E-state index contributed by atoms with van der Waals surface area (Å²) in [4.78, 5) is 15.5. The van der Waals surface area contributed by atoms with E-state index >= 15 is 0 Å². The number of nitrogens with zero attached hydrogens (tertiary/aromatic N) is 1. The average molecular weight is 308 g/mol. The summed E-state index contributed by atoms with van der Waals surface area (Å²) in [6.45, 7) is 2.91. The van der Waals surface area contributed by atoms with Crippen molar-refractivity contribution < 1.29 is 4.79 Å². The summed E-state index contributed by atoms with van der Waals surface area (Å²) in [5, 5.41) is 5.30. The molecule has 0 radical (unpaired) electrons. The van der Waals surface area contributed by atoms with Crippen molar-refractivity contribution >= 4 is 38.0 Å². The van der Waals surface area contributed by atoms with Crippen LogP contribution in [0.3, 0.4) is 0 Å². The second-order valence-corrected chi connectivity index (χ2v) is 7.42. The second kappa shape index (κ2) is 6.24. The molecule has 1 aliphatic rings. The number of carbonyl (C=O) groups is 1. The predicted octanol–water partition coefficient (Wildman–Crippen LogP) is 3.42. The summed E-state index contributed by atoms with van der Waals surface area (Å²) >= 11 is 3.34. The van der Waals surface area contributed by atoms with Crippen LogP contribution in [0.4, 0.5) is 0 Å². The van der Waals surface area contributed by atoms with E-state index in [2.05, 4.69) is 22.8 Å². The van der Waals surface area contributed by atoms with Gasteiger partial charge >= 0.3 is 0 Å². The first kappa shape index (κ1) is 14.0. The predicted molar refractivity (Wildman–Crippen MR) is 86.9 cm³/mol. The third kappa shape index (κ3) is 2.90. The van der Waals surface area contributed by atoms with Gasteiger partial charge in [-0.15, -0.1) is 22.7 Å². The molecule has 0 aromatic carbocycles. The maximum absolute atomic E-state index is 12.5. The highest BCUT2D eigenvalue weighted by Gasteiger charge is 2.24. The zero-order chi connectivity index (χ0) is 13.9. The van der Waals surface area contributed by atoms with Gasteiger partial charge in [-0.05, 0) is 56.3 Å². The number of hydrogen-bond donors (Lipinski definition) is 1. The molecule has 108 valence electrons. The molecule has 0 atom stereocenters. The topological polar surface area (TPSA) is 32.3 Å². The van der Waals surface area contributed by atoms with E-state index in [1.54, 1.807) is 22.7 Å². The average Bonchev–Trinajstić information content (AvgIpc) is 3.06. The lowest BCUT2D eigenvalue weighted by atomic mass is 9.93. The van der Waals surface area contributed by atoms with Gasteiger partial charge < -0.3 is 10.2 Å². The Morgan fingerprint density at radius 2 is 2.20 bits per heavy atom. The molecule has 1 fully saturated rings. The normalized spacial score (nSPS) is 16.9. The van der Waals surface area contributed by atoms with Gasteiger partial charge in [0, 0.05) is 22.5 Å². The van der Waals surface area contributed by atoms with Gasteiger partial charge in [-0.1, -0.05) is 0 Å². The lowest BCUT2D eigenvalue weighted by molar-refractivity contribution is 0.0692. The molecule has 1 amide bonds. The van der Waals surface area contributed by atoms with Crippen molar-refractivity contribution in [2.75, 3.05) is 26.7 Å². The lowest BCUT2D eigenvalue weighted by Crippen LogP contribution is -2.38. The Hall–Kier alpha value is -0.910. The molecule has 5 heteroatoms. The van der Waals surface area contributed by atoms with Crippen LogP contribution in [-0.2, 0) is 0 Å². The molecule has 0 aliphatic carbocycles. The summed E-state index contributed by atoms with van der Waals surface area (Å²) in [5.41, 5.74) is 0. The second-order valence-electron chi connectivity index (χ2n) is 5.39. The van der Waals surface area contributed by atoms with Crippen LogP contribution in [0.2, 0.25) is 0 Å². The summed E-state index contributed by atoms with van der Waals surface area (Å²) in [7, 11) is 2.00. The SMILES string of the molecule is CNCCC1CCN(C(=O)c2cc3sccc3s2)CC1. The van der Waals surface area contributed by atoms with Crippen molar-refractivity contribution in [1.29, 1.82) is 0 Å². The molecule has 0 spiro atoms. The van der Waals surface area contributed by atoms with Crippen LogP contribution in [-0.4, -0.2) is 37.5 Å². The molecule has 2 aromatic heterocycles. The van der Waals surface area contributed by atoms with Gasteiger partial charge in [0.05, 0.1) is 4.88 Å². The Kier molecular flexibility index (Phi) is 4.38. The minimum atomic E-state index is 0.227. The highest BCUT2D eigenvalue weighted by atomic mass is 32.1. The number of rotatable bonds is 4. The quantitative estimate of drug-likeness (QED) is 0.938. The number of piperidine rings is 1. The minimum Gasteiger partial charge on any atom is -0.338 e. The van der Waals surface area contributed by atoms with Gasteiger partial charge in [-0.25, -0.2) is 0 Å². The van der Waals surface area contributed by atoms with E-state index in [4.69, 9.17) is 0 Å². The molecule has 1 N–H and O–H groups in total. The third-order valence-corrected chi connectivity index (χ3v) is 6.14. The van der Waals surface area contributed by atoms with Gasteiger partial charge in [0.25, 0.3) is 5.91 Å². The summed E-state index contributed by atoms with van der Waals surface area (Å²) in [5.74, 6) is 1.00. The van der Waals surface area contributed by atoms with Crippen LogP contribution in [0.5, 0.6) is 0 Å². The Morgan fingerprint density at radius 1 is 1.40 bits per heavy atom. The standard InChI is InChI=1S/C15H20N2OS2/c1-16-6-2-11-3-7-17(8-4-11)15(18)14-10-13-12(20-14)5-9-19-13/h5,9-11,16H,2-4,6-8H2,1H3. The highest BCUT2D eigenvalue weighted by molar-refractivity contribution is 7.27. The summed E-state index contributed by atoms with van der Waals surface area (Å²) in [6, 6.07) is 4.16. The van der Waals surface area contributed by atoms with Gasteiger partial charge in [0.2, 0.25) is 0 Å². The number of nitrogens with one attached hydrogen (secondary N) is 1. The van der Waals surface area contributed by atoms with E-state index in [-0.39, 0.29) is 5.91 Å². The first-order chi connectivity index (χ1) is 9.78. The largest absolute Gasteiger partial charge is 0.338 e. The minimum absolute atomic E-state index is 0.227. The molecule has 0 unspecified atom stereocenters. The number of thiophene rings is 2. The molecule has 0 bridgehead atoms. The van der Waals surface area contributed by atoms with E-state index < -0.39 is 0 Å². The number of carbonyl (C=O) groups excluding carboxylic acids is 1. The number of fused-ring (bicyclic) bond motifs is 1. The van der Waals surface area contributed by atoms with Crippen LogP contribution in [0.25, 0.3) is 9.40 Å². The zero-order valence-electron chi connectivity index (χ0n) is 11.7. The van der Waals surface area contributed by atoms with Crippen LogP contribution >= 0.6 is 22.7 Å². The first-order valence-corrected chi connectivity index (χ1v) is 8.88. The van der Waals surface area contributed by atoms with Crippen LogP contribution in [0.15, 0.2) is 17.5 Å². The number of likely N-dealkylation sites (tertiary alicyclic amines) is 1. The maximum atomic E-state index is 12.5. The smallest absolute Gasteiger partial charge is 0.263 e. The zero-order valence-corrected chi connectivity index (χ0v) is 13.4. The molecule has 2 aromatic rings. The number of hydrogen-bond acceptors (Lipinski definition) is 4. The third-order valence-electron chi connectivity index (χ3n) is 4.05. The fraction of sp³-hybridized carbons (Fsp3) is 0.533. The molecule has 3 rings (SSSR count). The van der Waals surface area contributed by atoms with Gasteiger partial charge in [0.15, 0.2) is 0 Å². The van der Waals surface area contributed by atoms with E-state index in [0.717, 1.165) is 43.3 Å². The van der Waals surface area contributed by atoms with Crippen molar-refractivity contribution in [2.45, 2.75) is 19.3 Å². The Balaban J connectivity index is 1.60. The monoisotopic (exact) mass is 308 g/mol. The number of amides is 1. The van der Waals surface area contributed by atoms with Gasteiger partial charge in [-0.3, -0.25) is 4.79 Å². The lowest BCUT2D eigenvalue weighted by Gasteiger charge is -2.31. The fourth-order valence-corrected chi connectivity index (χ4v) is 4.88. The van der Waals surface area contributed by atoms with Gasteiger partial charge in [-0.2, -0.15) is 0 Å². The van der Waals surface area contributed by atoms with E-state index in [9.17, 15) is 4.79 Å². The molecule has 1 saturated heterocycles. The van der Waals surface area contributed by atoms with E-state index in [1.165, 1.54) is 15.8 Å². The molecule has 1 aliphatic heterocycles. The van der Waals surface area contributed by atoms with Crippen LogP contribution in [0, 0.1) is 5.92 Å². The Labute approximate surface area is 127 Å². The van der Waals surface area contributed by atoms with Crippen molar-refractivity contribution in [3.63, 3.8) is 0 Å². The Morgan fingerprint density at radius 3 is 2.90 bits per heavy atom. The van der Waals surface area contributed by atoms with Crippen molar-refractivity contribution in [1.82, 2.24) is 10.2 Å². The van der Waals surface area contributed by atoms with Crippen LogP contribution < -0.4 is 5.32 Å².